The van der Waals surface area contributed by atoms with E-state index in [0.29, 0.717) is 19.5 Å². The largest absolute Gasteiger partial charge is 0.462 e. The second-order valence-corrected chi connectivity index (χ2v) is 6.21. The van der Waals surface area contributed by atoms with Crippen LogP contribution >= 0.6 is 11.3 Å². The third-order valence-electron chi connectivity index (χ3n) is 3.39. The van der Waals surface area contributed by atoms with E-state index >= 15 is 0 Å². The van der Waals surface area contributed by atoms with Crippen LogP contribution < -0.4 is 0 Å². The number of ether oxygens (including phenoxy) is 1. The van der Waals surface area contributed by atoms with Gasteiger partial charge in [-0.15, -0.1) is 11.3 Å². The van der Waals surface area contributed by atoms with Gasteiger partial charge in [0.05, 0.1) is 30.6 Å². The first kappa shape index (κ1) is 14.3. The van der Waals surface area contributed by atoms with Gasteiger partial charge in [0, 0.05) is 18.5 Å². The summed E-state index contributed by atoms with van der Waals surface area (Å²) in [5, 5.41) is 2.73. The van der Waals surface area contributed by atoms with Gasteiger partial charge in [-0.1, -0.05) is 0 Å². The van der Waals surface area contributed by atoms with Gasteiger partial charge in [0.25, 0.3) is 0 Å². The Labute approximate surface area is 127 Å². The normalized spacial score (nSPS) is 22.5. The molecule has 0 radical (unpaired) electrons. The molecule has 0 bridgehead atoms. The van der Waals surface area contributed by atoms with E-state index in [1.54, 1.807) is 6.26 Å². The highest BCUT2D eigenvalue weighted by Crippen LogP contribution is 2.24. The molecule has 2 atom stereocenters. The monoisotopic (exact) mass is 306 g/mol. The number of nitrogens with zero attached hydrogens (tertiary/aromatic N) is 2. The third-order valence-corrected chi connectivity index (χ3v) is 4.29. The summed E-state index contributed by atoms with van der Waals surface area (Å²) < 4.78 is 11.0. The smallest absolute Gasteiger partial charge is 0.228 e. The van der Waals surface area contributed by atoms with Crippen molar-refractivity contribution in [2.24, 2.45) is 0 Å². The molecular weight excluding hydrogens is 288 g/mol. The minimum atomic E-state index is 0.0896. The van der Waals surface area contributed by atoms with Crippen LogP contribution in [0.5, 0.6) is 0 Å². The number of hydrogen-bond donors (Lipinski definition) is 0. The van der Waals surface area contributed by atoms with E-state index in [1.807, 2.05) is 36.3 Å². The molecule has 1 saturated heterocycles. The Hall–Kier alpha value is -1.66. The minimum absolute atomic E-state index is 0.0896. The van der Waals surface area contributed by atoms with Crippen LogP contribution in [-0.4, -0.2) is 41.1 Å². The maximum atomic E-state index is 12.4. The molecule has 2 aromatic rings. The van der Waals surface area contributed by atoms with Gasteiger partial charge < -0.3 is 14.1 Å². The second kappa shape index (κ2) is 5.99. The molecule has 0 spiro atoms. The number of hydrogen-bond acceptors (Lipinski definition) is 5. The predicted molar refractivity (Wildman–Crippen MR) is 80.1 cm³/mol. The van der Waals surface area contributed by atoms with E-state index in [0.717, 1.165) is 16.5 Å². The van der Waals surface area contributed by atoms with Crippen molar-refractivity contribution in [3.8, 4) is 10.8 Å². The molecule has 6 heteroatoms. The third kappa shape index (κ3) is 3.33. The van der Waals surface area contributed by atoms with Crippen LogP contribution in [0.1, 0.15) is 19.5 Å². The molecule has 0 aliphatic carbocycles. The lowest BCUT2D eigenvalue weighted by atomic mass is 10.2. The molecule has 3 heterocycles. The summed E-state index contributed by atoms with van der Waals surface area (Å²) in [5.41, 5.74) is 0.795. The van der Waals surface area contributed by atoms with Crippen LogP contribution in [0.4, 0.5) is 0 Å². The van der Waals surface area contributed by atoms with Gasteiger partial charge in [0.15, 0.2) is 10.8 Å². The van der Waals surface area contributed by atoms with Gasteiger partial charge in [-0.05, 0) is 26.0 Å². The molecule has 3 rings (SSSR count). The van der Waals surface area contributed by atoms with Crippen LogP contribution in [0.15, 0.2) is 28.2 Å². The van der Waals surface area contributed by atoms with Crippen molar-refractivity contribution in [1.82, 2.24) is 9.88 Å². The Kier molecular flexibility index (Phi) is 4.07. The zero-order valence-corrected chi connectivity index (χ0v) is 12.9. The van der Waals surface area contributed by atoms with Crippen molar-refractivity contribution in [2.75, 3.05) is 13.1 Å². The fourth-order valence-corrected chi connectivity index (χ4v) is 3.34. The number of morpholine rings is 1. The van der Waals surface area contributed by atoms with Crippen molar-refractivity contribution in [3.05, 3.63) is 29.5 Å². The van der Waals surface area contributed by atoms with Crippen LogP contribution in [0.2, 0.25) is 0 Å². The zero-order valence-electron chi connectivity index (χ0n) is 12.1. The Morgan fingerprint density at radius 3 is 2.86 bits per heavy atom. The number of rotatable bonds is 3. The highest BCUT2D eigenvalue weighted by Gasteiger charge is 2.26. The maximum absolute atomic E-state index is 12.4. The molecule has 5 nitrogen and oxygen atoms in total. The summed E-state index contributed by atoms with van der Waals surface area (Å²) in [5.74, 6) is 0.848. The van der Waals surface area contributed by atoms with E-state index in [9.17, 15) is 4.79 Å². The van der Waals surface area contributed by atoms with Gasteiger partial charge in [-0.3, -0.25) is 4.79 Å². The molecular formula is C15H18N2O3S. The summed E-state index contributed by atoms with van der Waals surface area (Å²) in [7, 11) is 0. The lowest BCUT2D eigenvalue weighted by Gasteiger charge is -2.35. The number of aromatic nitrogens is 1. The maximum Gasteiger partial charge on any atom is 0.228 e. The number of carbonyl (C=O) groups is 1. The van der Waals surface area contributed by atoms with E-state index in [4.69, 9.17) is 9.15 Å². The topological polar surface area (TPSA) is 55.6 Å². The van der Waals surface area contributed by atoms with Crippen molar-refractivity contribution in [1.29, 1.82) is 0 Å². The number of amides is 1. The highest BCUT2D eigenvalue weighted by atomic mass is 32.1. The molecule has 112 valence electrons. The Bertz CT molecular complexity index is 598. The highest BCUT2D eigenvalue weighted by molar-refractivity contribution is 7.13. The quantitative estimate of drug-likeness (QED) is 0.874. The Balaban J connectivity index is 1.65. The van der Waals surface area contributed by atoms with Crippen LogP contribution in [0.3, 0.4) is 0 Å². The fourth-order valence-electron chi connectivity index (χ4n) is 2.55. The van der Waals surface area contributed by atoms with Crippen molar-refractivity contribution in [3.63, 3.8) is 0 Å². The summed E-state index contributed by atoms with van der Waals surface area (Å²) >= 11 is 1.50. The molecule has 0 N–H and O–H groups in total. The molecule has 0 aromatic carbocycles. The van der Waals surface area contributed by atoms with Gasteiger partial charge in [0.2, 0.25) is 5.91 Å². The molecule has 2 aromatic heterocycles. The first-order chi connectivity index (χ1) is 10.1. The Morgan fingerprint density at radius 1 is 1.43 bits per heavy atom. The lowest BCUT2D eigenvalue weighted by molar-refractivity contribution is -0.142. The van der Waals surface area contributed by atoms with Crippen LogP contribution in [-0.2, 0) is 16.0 Å². The first-order valence-electron chi connectivity index (χ1n) is 7.03. The number of thiazole rings is 1. The van der Waals surface area contributed by atoms with Crippen LogP contribution in [0.25, 0.3) is 10.8 Å². The van der Waals surface area contributed by atoms with Crippen LogP contribution in [0, 0.1) is 0 Å². The molecule has 0 unspecified atom stereocenters. The van der Waals surface area contributed by atoms with Gasteiger partial charge in [-0.25, -0.2) is 4.98 Å². The summed E-state index contributed by atoms with van der Waals surface area (Å²) in [6.45, 7) is 5.29. The van der Waals surface area contributed by atoms with E-state index in [1.165, 1.54) is 11.3 Å². The van der Waals surface area contributed by atoms with Gasteiger partial charge in [0.1, 0.15) is 0 Å². The van der Waals surface area contributed by atoms with E-state index in [-0.39, 0.29) is 18.1 Å². The molecule has 1 aliphatic heterocycles. The standard InChI is InChI=1S/C15H18N2O3S/c1-10-7-17(8-11(2)20-10)14(18)6-12-9-21-15(16-12)13-4-3-5-19-13/h3-5,9-11H,6-8H2,1-2H3/t10-,11+. The summed E-state index contributed by atoms with van der Waals surface area (Å²) in [4.78, 5) is 18.7. The second-order valence-electron chi connectivity index (χ2n) is 5.35. The molecule has 1 aliphatic rings. The Morgan fingerprint density at radius 2 is 2.19 bits per heavy atom. The predicted octanol–water partition coefficient (Wildman–Crippen LogP) is 2.58. The number of carbonyl (C=O) groups excluding carboxylic acids is 1. The van der Waals surface area contributed by atoms with E-state index < -0.39 is 0 Å². The fraction of sp³-hybridized carbons (Fsp3) is 0.467. The zero-order chi connectivity index (χ0) is 14.8. The average molecular weight is 306 g/mol. The molecule has 0 saturated carbocycles. The first-order valence-corrected chi connectivity index (χ1v) is 7.91. The molecule has 1 amide bonds. The van der Waals surface area contributed by atoms with Crippen molar-refractivity contribution in [2.45, 2.75) is 32.5 Å². The van der Waals surface area contributed by atoms with E-state index in [2.05, 4.69) is 4.98 Å². The van der Waals surface area contributed by atoms with Crippen molar-refractivity contribution >= 4 is 17.2 Å². The molecule has 21 heavy (non-hydrogen) atoms. The summed E-state index contributed by atoms with van der Waals surface area (Å²) in [6, 6.07) is 3.70. The van der Waals surface area contributed by atoms with Crippen molar-refractivity contribution < 1.29 is 13.9 Å². The molecule has 1 fully saturated rings. The average Bonchev–Trinajstić information content (AvgIpc) is 3.07. The lowest BCUT2D eigenvalue weighted by Crippen LogP contribution is -2.48. The number of furan rings is 1. The minimum Gasteiger partial charge on any atom is -0.462 e. The van der Waals surface area contributed by atoms with Gasteiger partial charge >= 0.3 is 0 Å². The summed E-state index contributed by atoms with van der Waals surface area (Å²) in [6.07, 6.45) is 2.13. The van der Waals surface area contributed by atoms with Gasteiger partial charge in [-0.2, -0.15) is 0 Å². The SMILES string of the molecule is C[C@@H]1CN(C(=O)Cc2csc(-c3ccco3)n2)C[C@H](C)O1.